The summed E-state index contributed by atoms with van der Waals surface area (Å²) < 4.78 is 14.2. The predicted octanol–water partition coefficient (Wildman–Crippen LogP) is 4.24. The van der Waals surface area contributed by atoms with Crippen LogP contribution < -0.4 is 0 Å². The fourth-order valence-electron chi connectivity index (χ4n) is 2.87. The highest BCUT2D eigenvalue weighted by Gasteiger charge is 2.20. The van der Waals surface area contributed by atoms with Gasteiger partial charge in [-0.3, -0.25) is 4.79 Å². The molecule has 2 aromatic rings. The number of halogens is 1. The summed E-state index contributed by atoms with van der Waals surface area (Å²) in [6, 6.07) is 9.21. The predicted molar refractivity (Wildman–Crippen MR) is 74.0 cm³/mol. The monoisotopic (exact) mass is 254 g/mol. The minimum absolute atomic E-state index is 0.169. The Morgan fingerprint density at radius 2 is 1.84 bits per heavy atom. The smallest absolute Gasteiger partial charge is 0.163 e. The normalized spacial score (nSPS) is 13.7. The quantitative estimate of drug-likeness (QED) is 0.744. The molecule has 0 fully saturated rings. The van der Waals surface area contributed by atoms with Crippen molar-refractivity contribution < 1.29 is 9.18 Å². The van der Waals surface area contributed by atoms with Crippen LogP contribution in [0.5, 0.6) is 0 Å². The summed E-state index contributed by atoms with van der Waals surface area (Å²) in [5.41, 5.74) is 5.06. The fourth-order valence-corrected chi connectivity index (χ4v) is 2.87. The Kier molecular flexibility index (Phi) is 2.74. The SMILES string of the molecule is Cc1cc(C)c(-c2ccc3c(c2)C(=O)CC3)c(F)c1. The number of carbonyl (C=O) groups excluding carboxylic acids is 1. The third-order valence-electron chi connectivity index (χ3n) is 3.75. The van der Waals surface area contributed by atoms with E-state index in [-0.39, 0.29) is 11.6 Å². The number of carbonyl (C=O) groups is 1. The molecule has 0 amide bonds. The molecule has 0 bridgehead atoms. The zero-order chi connectivity index (χ0) is 13.6. The molecule has 2 aromatic carbocycles. The van der Waals surface area contributed by atoms with E-state index in [2.05, 4.69) is 0 Å². The molecule has 1 aliphatic carbocycles. The van der Waals surface area contributed by atoms with Crippen LogP contribution in [0.2, 0.25) is 0 Å². The second kappa shape index (κ2) is 4.30. The average Bonchev–Trinajstić information content (AvgIpc) is 2.70. The maximum atomic E-state index is 14.2. The molecule has 2 heteroatoms. The molecule has 0 unspecified atom stereocenters. The number of Topliss-reactive ketones (excluding diaryl/α,β-unsaturated/α-hetero) is 1. The summed E-state index contributed by atoms with van der Waals surface area (Å²) in [6.45, 7) is 3.78. The fraction of sp³-hybridized carbons (Fsp3) is 0.235. The molecule has 0 radical (unpaired) electrons. The van der Waals surface area contributed by atoms with Crippen LogP contribution in [0.3, 0.4) is 0 Å². The maximum Gasteiger partial charge on any atom is 0.163 e. The van der Waals surface area contributed by atoms with Gasteiger partial charge in [0, 0.05) is 17.5 Å². The largest absolute Gasteiger partial charge is 0.294 e. The van der Waals surface area contributed by atoms with E-state index in [9.17, 15) is 9.18 Å². The Morgan fingerprint density at radius 3 is 2.58 bits per heavy atom. The second-order valence-electron chi connectivity index (χ2n) is 5.23. The third-order valence-corrected chi connectivity index (χ3v) is 3.75. The summed E-state index contributed by atoms with van der Waals surface area (Å²) in [5, 5.41) is 0. The van der Waals surface area contributed by atoms with Crippen LogP contribution in [-0.4, -0.2) is 5.78 Å². The van der Waals surface area contributed by atoms with Gasteiger partial charge in [0.2, 0.25) is 0 Å². The molecule has 0 atom stereocenters. The van der Waals surface area contributed by atoms with Crippen molar-refractivity contribution in [2.75, 3.05) is 0 Å². The molecule has 0 saturated heterocycles. The summed E-state index contributed by atoms with van der Waals surface area (Å²) in [4.78, 5) is 11.8. The van der Waals surface area contributed by atoms with E-state index >= 15 is 0 Å². The van der Waals surface area contributed by atoms with Gasteiger partial charge in [0.15, 0.2) is 5.78 Å². The lowest BCUT2D eigenvalue weighted by atomic mass is 9.95. The third kappa shape index (κ3) is 1.97. The minimum Gasteiger partial charge on any atom is -0.294 e. The molecule has 0 spiro atoms. The highest BCUT2D eigenvalue weighted by Crippen LogP contribution is 2.32. The maximum absolute atomic E-state index is 14.2. The summed E-state index contributed by atoms with van der Waals surface area (Å²) in [5.74, 6) is -0.0510. The van der Waals surface area contributed by atoms with Gasteiger partial charge in [-0.1, -0.05) is 18.2 Å². The molecule has 0 saturated carbocycles. The number of ketones is 1. The van der Waals surface area contributed by atoms with Gasteiger partial charge in [-0.25, -0.2) is 4.39 Å². The van der Waals surface area contributed by atoms with Gasteiger partial charge < -0.3 is 0 Å². The van der Waals surface area contributed by atoms with Crippen LogP contribution in [0.15, 0.2) is 30.3 Å². The minimum atomic E-state index is -0.220. The van der Waals surface area contributed by atoms with Crippen LogP contribution in [-0.2, 0) is 6.42 Å². The van der Waals surface area contributed by atoms with Gasteiger partial charge in [0.1, 0.15) is 5.82 Å². The Bertz CT molecular complexity index is 663. The zero-order valence-corrected chi connectivity index (χ0v) is 11.1. The van der Waals surface area contributed by atoms with Crippen molar-refractivity contribution in [3.63, 3.8) is 0 Å². The van der Waals surface area contributed by atoms with E-state index in [1.807, 2.05) is 38.1 Å². The first kappa shape index (κ1) is 12.1. The molecular weight excluding hydrogens is 239 g/mol. The first-order valence-corrected chi connectivity index (χ1v) is 6.49. The van der Waals surface area contributed by atoms with E-state index in [1.165, 1.54) is 6.07 Å². The van der Waals surface area contributed by atoms with Gasteiger partial charge in [0.25, 0.3) is 0 Å². The lowest BCUT2D eigenvalue weighted by Crippen LogP contribution is -1.95. The van der Waals surface area contributed by atoms with E-state index < -0.39 is 0 Å². The highest BCUT2D eigenvalue weighted by molar-refractivity contribution is 6.01. The van der Waals surface area contributed by atoms with Crippen LogP contribution in [0.1, 0.15) is 33.5 Å². The van der Waals surface area contributed by atoms with E-state index in [1.54, 1.807) is 0 Å². The summed E-state index contributed by atoms with van der Waals surface area (Å²) in [7, 11) is 0. The number of rotatable bonds is 1. The molecule has 0 heterocycles. The average molecular weight is 254 g/mol. The van der Waals surface area contributed by atoms with Crippen LogP contribution in [0.25, 0.3) is 11.1 Å². The van der Waals surface area contributed by atoms with Crippen molar-refractivity contribution >= 4 is 5.78 Å². The van der Waals surface area contributed by atoms with Gasteiger partial charge >= 0.3 is 0 Å². The Morgan fingerprint density at radius 1 is 1.05 bits per heavy atom. The summed E-state index contributed by atoms with van der Waals surface area (Å²) in [6.07, 6.45) is 1.39. The zero-order valence-electron chi connectivity index (χ0n) is 11.1. The number of hydrogen-bond acceptors (Lipinski definition) is 1. The second-order valence-corrected chi connectivity index (χ2v) is 5.23. The Labute approximate surface area is 112 Å². The van der Waals surface area contributed by atoms with Crippen molar-refractivity contribution in [2.24, 2.45) is 0 Å². The molecule has 0 aliphatic heterocycles. The molecule has 1 nitrogen and oxygen atoms in total. The van der Waals surface area contributed by atoms with Gasteiger partial charge in [-0.15, -0.1) is 0 Å². The van der Waals surface area contributed by atoms with Gasteiger partial charge in [-0.2, -0.15) is 0 Å². The standard InChI is InChI=1S/C17H15FO/c1-10-7-11(2)17(15(18)8-10)13-4-3-12-5-6-16(19)14(12)9-13/h3-4,7-9H,5-6H2,1-2H3. The van der Waals surface area contributed by atoms with E-state index in [0.717, 1.165) is 34.2 Å². The van der Waals surface area contributed by atoms with Crippen LogP contribution in [0.4, 0.5) is 4.39 Å². The van der Waals surface area contributed by atoms with Gasteiger partial charge in [0.05, 0.1) is 0 Å². The van der Waals surface area contributed by atoms with E-state index in [4.69, 9.17) is 0 Å². The number of benzene rings is 2. The molecule has 19 heavy (non-hydrogen) atoms. The van der Waals surface area contributed by atoms with Crippen LogP contribution >= 0.6 is 0 Å². The topological polar surface area (TPSA) is 17.1 Å². The molecule has 1 aliphatic rings. The van der Waals surface area contributed by atoms with E-state index in [0.29, 0.717) is 12.0 Å². The molecule has 0 N–H and O–H groups in total. The Balaban J connectivity index is 2.19. The van der Waals surface area contributed by atoms with Crippen molar-refractivity contribution in [1.29, 1.82) is 0 Å². The summed E-state index contributed by atoms with van der Waals surface area (Å²) >= 11 is 0. The molecular formula is C17H15FO. The first-order valence-electron chi connectivity index (χ1n) is 6.49. The lowest BCUT2D eigenvalue weighted by molar-refractivity contribution is 0.0994. The van der Waals surface area contributed by atoms with Crippen molar-refractivity contribution in [3.05, 3.63) is 58.4 Å². The molecule has 0 aromatic heterocycles. The van der Waals surface area contributed by atoms with Gasteiger partial charge in [-0.05, 0) is 54.7 Å². The van der Waals surface area contributed by atoms with Crippen molar-refractivity contribution in [1.82, 2.24) is 0 Å². The number of aryl methyl sites for hydroxylation is 3. The number of fused-ring (bicyclic) bond motifs is 1. The van der Waals surface area contributed by atoms with Crippen molar-refractivity contribution in [3.8, 4) is 11.1 Å². The van der Waals surface area contributed by atoms with Crippen LogP contribution in [0, 0.1) is 19.7 Å². The van der Waals surface area contributed by atoms with Crippen molar-refractivity contribution in [2.45, 2.75) is 26.7 Å². The highest BCUT2D eigenvalue weighted by atomic mass is 19.1. The molecule has 96 valence electrons. The molecule has 3 rings (SSSR count). The number of hydrogen-bond donors (Lipinski definition) is 0. The first-order chi connectivity index (χ1) is 9.06. The lowest BCUT2D eigenvalue weighted by Gasteiger charge is -2.10. The Hall–Kier alpha value is -1.96.